The van der Waals surface area contributed by atoms with E-state index >= 15 is 0 Å². The largest absolute Gasteiger partial charge is 0.482 e. The Balaban J connectivity index is 1.61. The van der Waals surface area contributed by atoms with Crippen LogP contribution in [0.3, 0.4) is 0 Å². The average Bonchev–Trinajstić information content (AvgIpc) is 2.71. The summed E-state index contributed by atoms with van der Waals surface area (Å²) in [5, 5.41) is 9.10. The number of carbonyl (C=O) groups excluding carboxylic acids is 2. The van der Waals surface area contributed by atoms with Crippen LogP contribution in [0.25, 0.3) is 0 Å². The van der Waals surface area contributed by atoms with Gasteiger partial charge in [-0.3, -0.25) is 9.59 Å². The molecule has 1 unspecified atom stereocenters. The number of benzene rings is 3. The zero-order valence-corrected chi connectivity index (χ0v) is 16.9. The van der Waals surface area contributed by atoms with Gasteiger partial charge in [0.25, 0.3) is 11.8 Å². The molecular weight excluding hydrogens is 378 g/mol. The summed E-state index contributed by atoms with van der Waals surface area (Å²) in [4.78, 5) is 24.8. The van der Waals surface area contributed by atoms with Gasteiger partial charge in [-0.25, -0.2) is 0 Å². The molecule has 2 amide bonds. The molecule has 1 aliphatic heterocycles. The minimum absolute atomic E-state index is 0.00469. The highest BCUT2D eigenvalue weighted by Crippen LogP contribution is 2.32. The van der Waals surface area contributed by atoms with E-state index in [0.29, 0.717) is 17.1 Å². The number of amides is 2. The lowest BCUT2D eigenvalue weighted by molar-refractivity contribution is -0.119. The molecule has 0 radical (unpaired) electrons. The molecule has 0 fully saturated rings. The van der Waals surface area contributed by atoms with E-state index in [2.05, 4.69) is 22.0 Å². The molecule has 1 aliphatic rings. The van der Waals surface area contributed by atoms with Crippen molar-refractivity contribution in [2.45, 2.75) is 19.9 Å². The van der Waals surface area contributed by atoms with Gasteiger partial charge in [-0.15, -0.1) is 0 Å². The Labute approximate surface area is 175 Å². The number of aryl methyl sites for hydroxylation is 2. The monoisotopic (exact) mass is 401 g/mol. The first-order chi connectivity index (χ1) is 14.5. The predicted octanol–water partition coefficient (Wildman–Crippen LogP) is 4.43. The van der Waals surface area contributed by atoms with Crippen molar-refractivity contribution in [3.8, 4) is 5.75 Å². The van der Waals surface area contributed by atoms with Crippen LogP contribution in [0.1, 0.15) is 22.7 Å². The van der Waals surface area contributed by atoms with Crippen LogP contribution in [-0.2, 0) is 9.59 Å². The maximum absolute atomic E-state index is 13.2. The van der Waals surface area contributed by atoms with Gasteiger partial charge < -0.3 is 20.7 Å². The molecule has 0 aromatic heterocycles. The van der Waals surface area contributed by atoms with Crippen LogP contribution in [0.5, 0.6) is 5.75 Å². The number of rotatable bonds is 5. The Kier molecular flexibility index (Phi) is 5.39. The summed E-state index contributed by atoms with van der Waals surface area (Å²) in [5.74, 6) is 0.229. The van der Waals surface area contributed by atoms with Crippen molar-refractivity contribution in [3.05, 3.63) is 83.4 Å². The molecule has 4 rings (SSSR count). The van der Waals surface area contributed by atoms with Crippen molar-refractivity contribution in [1.82, 2.24) is 0 Å². The molecule has 6 heteroatoms. The Morgan fingerprint density at radius 1 is 0.967 bits per heavy atom. The van der Waals surface area contributed by atoms with E-state index in [4.69, 9.17) is 4.74 Å². The van der Waals surface area contributed by atoms with Gasteiger partial charge in [0.05, 0.1) is 5.69 Å². The number of ether oxygens (including phenoxy) is 1. The van der Waals surface area contributed by atoms with Crippen LogP contribution in [0.15, 0.2) is 66.7 Å². The fourth-order valence-corrected chi connectivity index (χ4v) is 3.55. The highest BCUT2D eigenvalue weighted by atomic mass is 16.5. The van der Waals surface area contributed by atoms with Gasteiger partial charge in [0.2, 0.25) is 0 Å². The van der Waals surface area contributed by atoms with Gasteiger partial charge in [0, 0.05) is 11.4 Å². The Morgan fingerprint density at radius 2 is 1.70 bits per heavy atom. The number of hydrogen-bond acceptors (Lipinski definition) is 4. The average molecular weight is 401 g/mol. The molecule has 0 aliphatic carbocycles. The van der Waals surface area contributed by atoms with Crippen LogP contribution in [-0.4, -0.2) is 18.4 Å². The summed E-state index contributed by atoms with van der Waals surface area (Å²) in [6.45, 7) is 4.00. The molecule has 152 valence electrons. The summed E-state index contributed by atoms with van der Waals surface area (Å²) in [6, 6.07) is 20.2. The molecule has 30 heavy (non-hydrogen) atoms. The van der Waals surface area contributed by atoms with Crippen molar-refractivity contribution in [3.63, 3.8) is 0 Å². The van der Waals surface area contributed by atoms with Crippen molar-refractivity contribution < 1.29 is 14.3 Å². The smallest absolute Gasteiger partial charge is 0.262 e. The maximum atomic E-state index is 13.2. The molecule has 0 saturated heterocycles. The van der Waals surface area contributed by atoms with Crippen LogP contribution in [0.4, 0.5) is 17.1 Å². The number of anilines is 3. The molecule has 0 bridgehead atoms. The van der Waals surface area contributed by atoms with Crippen molar-refractivity contribution >= 4 is 28.9 Å². The van der Waals surface area contributed by atoms with E-state index in [-0.39, 0.29) is 18.4 Å². The van der Waals surface area contributed by atoms with Crippen LogP contribution < -0.4 is 20.7 Å². The molecule has 6 nitrogen and oxygen atoms in total. The van der Waals surface area contributed by atoms with E-state index in [1.165, 1.54) is 0 Å². The molecule has 3 aromatic rings. The van der Waals surface area contributed by atoms with E-state index in [1.54, 1.807) is 12.1 Å². The lowest BCUT2D eigenvalue weighted by Gasteiger charge is -2.23. The third-order valence-corrected chi connectivity index (χ3v) is 4.81. The molecule has 0 saturated carbocycles. The fourth-order valence-electron chi connectivity index (χ4n) is 3.55. The molecule has 1 atom stereocenters. The van der Waals surface area contributed by atoms with E-state index in [1.807, 2.05) is 62.4 Å². The van der Waals surface area contributed by atoms with Gasteiger partial charge in [0.1, 0.15) is 11.8 Å². The van der Waals surface area contributed by atoms with Crippen LogP contribution in [0, 0.1) is 13.8 Å². The first-order valence-corrected chi connectivity index (χ1v) is 9.75. The second-order valence-electron chi connectivity index (χ2n) is 7.40. The Hall–Kier alpha value is -3.80. The van der Waals surface area contributed by atoms with Crippen molar-refractivity contribution in [2.75, 3.05) is 22.6 Å². The summed E-state index contributed by atoms with van der Waals surface area (Å²) in [7, 11) is 0. The van der Waals surface area contributed by atoms with Crippen LogP contribution in [0.2, 0.25) is 0 Å². The SMILES string of the molecule is Cc1cc(C)cc(NC(=O)C(Nc2ccc3c(c2)NC(=O)CO3)c2ccccc2)c1. The standard InChI is InChI=1S/C24H23N3O3/c1-15-10-16(2)12-19(11-15)26-24(29)23(17-6-4-3-5-7-17)25-18-8-9-21-20(13-18)27-22(28)14-30-21/h3-13,23,25H,14H2,1-2H3,(H,26,29)(H,27,28). The fraction of sp³-hybridized carbons (Fsp3) is 0.167. The van der Waals surface area contributed by atoms with Gasteiger partial charge in [-0.1, -0.05) is 36.4 Å². The zero-order chi connectivity index (χ0) is 21.1. The third kappa shape index (κ3) is 4.43. The second-order valence-corrected chi connectivity index (χ2v) is 7.40. The highest BCUT2D eigenvalue weighted by Gasteiger charge is 2.22. The molecular formula is C24H23N3O3. The van der Waals surface area contributed by atoms with Crippen LogP contribution >= 0.6 is 0 Å². The maximum Gasteiger partial charge on any atom is 0.262 e. The second kappa shape index (κ2) is 8.29. The number of nitrogens with one attached hydrogen (secondary N) is 3. The molecule has 0 spiro atoms. The summed E-state index contributed by atoms with van der Waals surface area (Å²) < 4.78 is 5.41. The zero-order valence-electron chi connectivity index (χ0n) is 16.9. The Bertz CT molecular complexity index is 1080. The quantitative estimate of drug-likeness (QED) is 0.591. The highest BCUT2D eigenvalue weighted by molar-refractivity contribution is 5.98. The lowest BCUT2D eigenvalue weighted by Crippen LogP contribution is -2.28. The third-order valence-electron chi connectivity index (χ3n) is 4.81. The first-order valence-electron chi connectivity index (χ1n) is 9.75. The minimum Gasteiger partial charge on any atom is -0.482 e. The van der Waals surface area contributed by atoms with Gasteiger partial charge in [-0.05, 0) is 60.9 Å². The van der Waals surface area contributed by atoms with Crippen molar-refractivity contribution in [1.29, 1.82) is 0 Å². The summed E-state index contributed by atoms with van der Waals surface area (Å²) in [6.07, 6.45) is 0. The van der Waals surface area contributed by atoms with Gasteiger partial charge in [-0.2, -0.15) is 0 Å². The van der Waals surface area contributed by atoms with Gasteiger partial charge >= 0.3 is 0 Å². The van der Waals surface area contributed by atoms with E-state index in [0.717, 1.165) is 22.4 Å². The van der Waals surface area contributed by atoms with Crippen molar-refractivity contribution in [2.24, 2.45) is 0 Å². The molecule has 1 heterocycles. The number of carbonyl (C=O) groups is 2. The normalized spacial score (nSPS) is 13.5. The first kappa shape index (κ1) is 19.5. The predicted molar refractivity (Wildman–Crippen MR) is 118 cm³/mol. The topological polar surface area (TPSA) is 79.5 Å². The molecule has 3 N–H and O–H groups in total. The number of hydrogen-bond donors (Lipinski definition) is 3. The summed E-state index contributed by atoms with van der Waals surface area (Å²) in [5.41, 5.74) is 5.03. The Morgan fingerprint density at radius 3 is 2.43 bits per heavy atom. The number of fused-ring (bicyclic) bond motifs is 1. The molecule has 3 aromatic carbocycles. The van der Waals surface area contributed by atoms with E-state index in [9.17, 15) is 9.59 Å². The summed E-state index contributed by atoms with van der Waals surface area (Å²) >= 11 is 0. The van der Waals surface area contributed by atoms with E-state index < -0.39 is 6.04 Å². The lowest BCUT2D eigenvalue weighted by atomic mass is 10.0. The van der Waals surface area contributed by atoms with Gasteiger partial charge in [0.15, 0.2) is 6.61 Å². The minimum atomic E-state index is -0.620.